The molecule has 0 bridgehead atoms. The number of anilines is 3. The highest BCUT2D eigenvalue weighted by Crippen LogP contribution is 2.34. The summed E-state index contributed by atoms with van der Waals surface area (Å²) in [6.45, 7) is 3.63. The number of H-pyrrole nitrogens is 1. The van der Waals surface area contributed by atoms with Gasteiger partial charge < -0.3 is 20.9 Å². The van der Waals surface area contributed by atoms with E-state index in [2.05, 4.69) is 20.9 Å². The van der Waals surface area contributed by atoms with Gasteiger partial charge in [-0.1, -0.05) is 30.3 Å². The van der Waals surface area contributed by atoms with Gasteiger partial charge in [-0.25, -0.2) is 0 Å². The van der Waals surface area contributed by atoms with E-state index in [1.165, 1.54) is 0 Å². The average molecular weight is 505 g/mol. The summed E-state index contributed by atoms with van der Waals surface area (Å²) in [6.07, 6.45) is 2.51. The number of aromatic nitrogens is 1. The molecule has 4 N–H and O–H groups in total. The Hall–Kier alpha value is -5.24. The van der Waals surface area contributed by atoms with Crippen LogP contribution < -0.4 is 16.0 Å². The van der Waals surface area contributed by atoms with Crippen molar-refractivity contribution in [3.63, 3.8) is 0 Å². The van der Waals surface area contributed by atoms with Gasteiger partial charge in [0.1, 0.15) is 0 Å². The van der Waals surface area contributed by atoms with Gasteiger partial charge in [-0.3, -0.25) is 19.2 Å². The van der Waals surface area contributed by atoms with E-state index in [-0.39, 0.29) is 17.7 Å². The van der Waals surface area contributed by atoms with Gasteiger partial charge in [-0.05, 0) is 68.0 Å². The predicted octanol–water partition coefficient (Wildman–Crippen LogP) is 5.44. The Labute approximate surface area is 218 Å². The second kappa shape index (κ2) is 10.0. The number of aldehydes is 1. The van der Waals surface area contributed by atoms with Crippen molar-refractivity contribution < 1.29 is 19.2 Å². The Balaban J connectivity index is 1.33. The Morgan fingerprint density at radius 3 is 2.16 bits per heavy atom. The summed E-state index contributed by atoms with van der Waals surface area (Å²) < 4.78 is 0. The van der Waals surface area contributed by atoms with E-state index in [0.717, 1.165) is 17.5 Å². The Bertz CT molecular complexity index is 1630. The minimum Gasteiger partial charge on any atom is -0.358 e. The zero-order chi connectivity index (χ0) is 26.8. The van der Waals surface area contributed by atoms with Gasteiger partial charge >= 0.3 is 0 Å². The van der Waals surface area contributed by atoms with Crippen LogP contribution in [0, 0.1) is 13.8 Å². The molecule has 1 aromatic heterocycles. The highest BCUT2D eigenvalue weighted by molar-refractivity contribution is 6.35. The van der Waals surface area contributed by atoms with Crippen LogP contribution in [0.1, 0.15) is 53.6 Å². The topological polar surface area (TPSA) is 120 Å². The molecule has 0 unspecified atom stereocenters. The smallest absolute Gasteiger partial charge is 0.256 e. The third-order valence-electron chi connectivity index (χ3n) is 6.42. The van der Waals surface area contributed by atoms with E-state index in [4.69, 9.17) is 0 Å². The maximum atomic E-state index is 13.0. The first-order chi connectivity index (χ1) is 18.3. The monoisotopic (exact) mass is 504 g/mol. The predicted molar refractivity (Wildman–Crippen MR) is 147 cm³/mol. The number of amides is 3. The maximum Gasteiger partial charge on any atom is 0.256 e. The Morgan fingerprint density at radius 1 is 0.816 bits per heavy atom. The molecule has 0 spiro atoms. The van der Waals surface area contributed by atoms with E-state index >= 15 is 0 Å². The van der Waals surface area contributed by atoms with E-state index in [9.17, 15) is 19.2 Å². The lowest BCUT2D eigenvalue weighted by molar-refractivity contribution is -0.110. The summed E-state index contributed by atoms with van der Waals surface area (Å²) in [5, 5.41) is 8.46. The molecular weight excluding hydrogens is 480 g/mol. The Morgan fingerprint density at radius 2 is 1.50 bits per heavy atom. The van der Waals surface area contributed by atoms with Gasteiger partial charge in [0.15, 0.2) is 6.29 Å². The first kappa shape index (κ1) is 24.5. The lowest BCUT2D eigenvalue weighted by Gasteiger charge is -2.10. The van der Waals surface area contributed by atoms with Crippen molar-refractivity contribution in [1.29, 1.82) is 0 Å². The van der Waals surface area contributed by atoms with Crippen LogP contribution in [0.5, 0.6) is 0 Å². The summed E-state index contributed by atoms with van der Waals surface area (Å²) in [5.74, 6) is -0.907. The van der Waals surface area contributed by atoms with Gasteiger partial charge in [-0.15, -0.1) is 0 Å². The molecule has 0 aliphatic carbocycles. The number of aromatic amines is 1. The number of rotatable bonds is 6. The number of aryl methyl sites for hydroxylation is 1. The van der Waals surface area contributed by atoms with Crippen molar-refractivity contribution in [3.8, 4) is 0 Å². The molecule has 0 saturated heterocycles. The van der Waals surface area contributed by atoms with Crippen molar-refractivity contribution in [3.05, 3.63) is 112 Å². The van der Waals surface area contributed by atoms with Gasteiger partial charge in [0, 0.05) is 50.7 Å². The van der Waals surface area contributed by atoms with Crippen molar-refractivity contribution in [2.24, 2.45) is 0 Å². The molecule has 188 valence electrons. The largest absolute Gasteiger partial charge is 0.358 e. The molecule has 4 aromatic rings. The molecule has 0 radical (unpaired) electrons. The number of carbonyl (C=O) groups is 4. The number of benzene rings is 3. The van der Waals surface area contributed by atoms with Gasteiger partial charge in [0.2, 0.25) is 0 Å². The highest BCUT2D eigenvalue weighted by atomic mass is 16.2. The molecule has 0 saturated carbocycles. The second-order valence-corrected chi connectivity index (χ2v) is 8.95. The number of hydrogen-bond donors (Lipinski definition) is 4. The first-order valence-electron chi connectivity index (χ1n) is 11.9. The SMILES string of the molecule is Cc1[nH]c(/C=C2\C(=O)Nc3cc(C(=O)Nc4cccc(NC(=O)c5ccccc5)c4)ccc32)c(C)c1C=O. The zero-order valence-corrected chi connectivity index (χ0v) is 20.7. The minimum absolute atomic E-state index is 0.251. The quantitative estimate of drug-likeness (QED) is 0.206. The molecule has 38 heavy (non-hydrogen) atoms. The highest BCUT2D eigenvalue weighted by Gasteiger charge is 2.26. The zero-order valence-electron chi connectivity index (χ0n) is 20.7. The molecule has 3 amide bonds. The fourth-order valence-corrected chi connectivity index (χ4v) is 4.40. The van der Waals surface area contributed by atoms with Gasteiger partial charge in [-0.2, -0.15) is 0 Å². The minimum atomic E-state index is -0.363. The fraction of sp³-hybridized carbons (Fsp3) is 0.0667. The molecule has 0 fully saturated rings. The number of nitrogens with one attached hydrogen (secondary N) is 4. The molecule has 5 rings (SSSR count). The van der Waals surface area contributed by atoms with E-state index < -0.39 is 0 Å². The van der Waals surface area contributed by atoms with E-state index in [0.29, 0.717) is 50.6 Å². The molecule has 0 atom stereocenters. The van der Waals surface area contributed by atoms with Crippen molar-refractivity contribution >= 4 is 52.7 Å². The third-order valence-corrected chi connectivity index (χ3v) is 6.42. The number of hydrogen-bond acceptors (Lipinski definition) is 4. The normalized spacial score (nSPS) is 13.1. The van der Waals surface area contributed by atoms with Crippen LogP contribution in [-0.2, 0) is 4.79 Å². The van der Waals surface area contributed by atoms with Crippen LogP contribution in [-0.4, -0.2) is 29.0 Å². The number of fused-ring (bicyclic) bond motifs is 1. The lowest BCUT2D eigenvalue weighted by atomic mass is 10.0. The summed E-state index contributed by atoms with van der Waals surface area (Å²) in [6, 6.07) is 20.7. The number of carbonyl (C=O) groups excluding carboxylic acids is 4. The van der Waals surface area contributed by atoms with Crippen LogP contribution >= 0.6 is 0 Å². The standard InChI is InChI=1S/C30H24N4O4/c1-17-25(16-35)18(2)31-26(17)15-24-23-12-11-20(13-27(23)34-30(24)38)29(37)33-22-10-6-9-21(14-22)32-28(36)19-7-4-3-5-8-19/h3-16,31H,1-2H3,(H,32,36)(H,33,37)(H,34,38)/b24-15-. The molecular formula is C30H24N4O4. The van der Waals surface area contributed by atoms with Crippen LogP contribution in [0.15, 0.2) is 72.8 Å². The van der Waals surface area contributed by atoms with Crippen molar-refractivity contribution in [2.75, 3.05) is 16.0 Å². The average Bonchev–Trinajstić information content (AvgIpc) is 3.37. The molecule has 8 nitrogen and oxygen atoms in total. The van der Waals surface area contributed by atoms with Crippen LogP contribution in [0.25, 0.3) is 11.6 Å². The maximum absolute atomic E-state index is 13.0. The molecule has 2 heterocycles. The van der Waals surface area contributed by atoms with Crippen molar-refractivity contribution in [1.82, 2.24) is 4.98 Å². The Kier molecular flexibility index (Phi) is 6.45. The summed E-state index contributed by atoms with van der Waals surface area (Å²) in [7, 11) is 0. The molecule has 8 heteroatoms. The first-order valence-corrected chi connectivity index (χ1v) is 11.9. The van der Waals surface area contributed by atoms with Crippen LogP contribution in [0.3, 0.4) is 0 Å². The van der Waals surface area contributed by atoms with Gasteiger partial charge in [0.25, 0.3) is 17.7 Å². The van der Waals surface area contributed by atoms with E-state index in [1.807, 2.05) is 13.0 Å². The molecule has 3 aromatic carbocycles. The lowest BCUT2D eigenvalue weighted by Crippen LogP contribution is -2.14. The third kappa shape index (κ3) is 4.75. The molecule has 1 aliphatic rings. The van der Waals surface area contributed by atoms with Crippen LogP contribution in [0.4, 0.5) is 17.1 Å². The van der Waals surface area contributed by atoms with E-state index in [1.54, 1.807) is 79.7 Å². The van der Waals surface area contributed by atoms with Gasteiger partial charge in [0.05, 0.1) is 5.57 Å². The summed E-state index contributed by atoms with van der Waals surface area (Å²) in [5.41, 5.74) is 6.33. The fourth-order valence-electron chi connectivity index (χ4n) is 4.40. The van der Waals surface area contributed by atoms with Crippen LogP contribution in [0.2, 0.25) is 0 Å². The summed E-state index contributed by atoms with van der Waals surface area (Å²) in [4.78, 5) is 52.6. The molecule has 1 aliphatic heterocycles. The van der Waals surface area contributed by atoms with Crippen molar-refractivity contribution in [2.45, 2.75) is 13.8 Å². The summed E-state index contributed by atoms with van der Waals surface area (Å²) >= 11 is 0. The second-order valence-electron chi connectivity index (χ2n) is 8.95.